The Morgan fingerprint density at radius 2 is 1.01 bits per heavy atom. The van der Waals surface area contributed by atoms with Crippen LogP contribution in [-0.4, -0.2) is 127 Å². The molecule has 2 aliphatic carbocycles. The summed E-state index contributed by atoms with van der Waals surface area (Å²) in [6.45, 7) is 13.0. The summed E-state index contributed by atoms with van der Waals surface area (Å²) < 4.78 is 16.2. The van der Waals surface area contributed by atoms with Crippen LogP contribution in [0.25, 0.3) is 0 Å². The van der Waals surface area contributed by atoms with E-state index in [2.05, 4.69) is 27.3 Å². The van der Waals surface area contributed by atoms with E-state index in [1.165, 1.54) is 4.90 Å². The summed E-state index contributed by atoms with van der Waals surface area (Å²) in [7, 11) is 0. The number of carbonyl (C=O) groups is 8. The Kier molecular flexibility index (Phi) is 23.0. The molecule has 0 radical (unpaired) electrons. The standard InChI is InChI=1S/C30H41N3O6.C28H37N3O6.Li.2H2O/c1-5-38-27(36)30-18-22(30)15-9-7-6-8-10-16-23(31-28(37)39-29(2,3)4)26(35)33-19-21-14-12-11-13-20(21)17-24(33)25(34)32-30;1-27(2,3)37-26(36)29-21-14-8-6-4-5-7-13-20-16-28(20,25(34)35)30-23(32)22-15-18-11-9-10-12-19(18)17-31(22)24(21)33;;;/h9,11-15,22-24H,5-8,10,16-19H2,1-4H3,(H,31,37)(H,32,34);7,9-13,20-22H,4-6,8,14-17H2,1-3H3,(H,29,36)(H,30,32)(H,34,35);;2*1H2/q;;+1;;/p-2/b15-9-;13-7-;;;/t22-,23+,24?,30-;20-,21+,22?,28-;;;/m11.../s1. The summed E-state index contributed by atoms with van der Waals surface area (Å²) in [6, 6.07) is 11.9. The minimum atomic E-state index is -1.35. The van der Waals surface area contributed by atoms with Crippen molar-refractivity contribution in [3.63, 3.8) is 0 Å². The summed E-state index contributed by atoms with van der Waals surface area (Å²) in [6.07, 6.45) is 15.4. The fourth-order valence-electron chi connectivity index (χ4n) is 10.7. The third kappa shape index (κ3) is 16.7. The maximum absolute atomic E-state index is 14.1. The Morgan fingerprint density at radius 3 is 1.42 bits per heavy atom. The van der Waals surface area contributed by atoms with E-state index in [0.29, 0.717) is 38.5 Å². The second kappa shape index (κ2) is 27.8. The summed E-state index contributed by atoms with van der Waals surface area (Å²) >= 11 is 0. The number of alkyl carbamates (subject to hydrolysis) is 2. The normalized spacial score (nSPS) is 27.7. The second-order valence-corrected chi connectivity index (χ2v) is 23.0. The largest absolute Gasteiger partial charge is 1.00 e. The van der Waals surface area contributed by atoms with Gasteiger partial charge in [-0.1, -0.05) is 98.5 Å². The Morgan fingerprint density at radius 1 is 0.620 bits per heavy atom. The van der Waals surface area contributed by atoms with E-state index in [9.17, 15) is 43.5 Å². The molecule has 2 saturated carbocycles. The predicted molar refractivity (Wildman–Crippen MR) is 286 cm³/mol. The molecule has 8 atom stereocenters. The van der Waals surface area contributed by atoms with Gasteiger partial charge in [0, 0.05) is 37.8 Å². The van der Waals surface area contributed by atoms with Gasteiger partial charge in [-0.3, -0.25) is 19.2 Å². The van der Waals surface area contributed by atoms with Gasteiger partial charge in [0.15, 0.2) is 0 Å². The van der Waals surface area contributed by atoms with Crippen molar-refractivity contribution in [2.75, 3.05) is 6.61 Å². The molecule has 2 aromatic carbocycles. The Hall–Kier alpha value is -6.20. The van der Waals surface area contributed by atoms with Gasteiger partial charge in [0.05, 0.1) is 6.61 Å². The molecule has 79 heavy (non-hydrogen) atoms. The Labute approximate surface area is 475 Å². The zero-order valence-electron chi connectivity index (χ0n) is 47.1. The van der Waals surface area contributed by atoms with E-state index >= 15 is 0 Å². The van der Waals surface area contributed by atoms with Gasteiger partial charge in [-0.25, -0.2) is 19.2 Å². The van der Waals surface area contributed by atoms with Crippen LogP contribution in [0.3, 0.4) is 0 Å². The van der Waals surface area contributed by atoms with Crippen molar-refractivity contribution >= 4 is 47.8 Å². The molecule has 0 spiro atoms. The number of hydrogen-bond donors (Lipinski definition) is 5. The molecular formula is C58H80LiN6O14-. The van der Waals surface area contributed by atoms with E-state index in [0.717, 1.165) is 67.2 Å². The molecular weight excluding hydrogens is 1010 g/mol. The topological polar surface area (TPSA) is 299 Å². The van der Waals surface area contributed by atoms with Crippen molar-refractivity contribution < 1.29 is 87.5 Å². The van der Waals surface area contributed by atoms with Gasteiger partial charge in [-0.15, -0.1) is 0 Å². The van der Waals surface area contributed by atoms with Crippen molar-refractivity contribution in [3.05, 3.63) is 95.1 Å². The fourth-order valence-corrected chi connectivity index (χ4v) is 10.7. The Balaban J connectivity index is 0.000000328. The van der Waals surface area contributed by atoms with Crippen LogP contribution < -0.4 is 40.1 Å². The SMILES string of the molecule is CC(C)(C)OC(=O)N[C@H]1CCCCC/C=C\[C@@H]2C[C@@]2(C(=O)O)NC(=O)C2Cc3ccccc3CN2C1=O.CCOC(=O)[C@@]12C[C@H]1/C=C\CCCCC[C@H](NC(=O)OC(C)(C)C)C(=O)N1Cc3ccccc3CC1C(=O)N2.[Li+].[OH-].[OH-]. The van der Waals surface area contributed by atoms with Crippen LogP contribution in [0.5, 0.6) is 0 Å². The molecule has 428 valence electrons. The minimum Gasteiger partial charge on any atom is -0.870 e. The van der Waals surface area contributed by atoms with E-state index in [4.69, 9.17) is 14.2 Å². The van der Waals surface area contributed by atoms with Crippen molar-refractivity contribution in [2.24, 2.45) is 11.8 Å². The van der Waals surface area contributed by atoms with Crippen LogP contribution in [0.1, 0.15) is 148 Å². The van der Waals surface area contributed by atoms with Crippen LogP contribution in [0.4, 0.5) is 9.59 Å². The number of ether oxygens (including phenoxy) is 3. The number of amides is 6. The van der Waals surface area contributed by atoms with Crippen LogP contribution in [0.2, 0.25) is 0 Å². The van der Waals surface area contributed by atoms with Gasteiger partial charge in [0.2, 0.25) is 23.6 Å². The molecule has 0 aromatic heterocycles. The first-order valence-corrected chi connectivity index (χ1v) is 27.2. The van der Waals surface area contributed by atoms with Gasteiger partial charge in [-0.05, 0) is 122 Å². The average Bonchev–Trinajstić information content (AvgIpc) is 4.35. The van der Waals surface area contributed by atoms with E-state index < -0.39 is 82.4 Å². The van der Waals surface area contributed by atoms with E-state index in [1.54, 1.807) is 53.4 Å². The second-order valence-electron chi connectivity index (χ2n) is 23.0. The van der Waals surface area contributed by atoms with Gasteiger partial charge < -0.3 is 61.3 Å². The summed E-state index contributed by atoms with van der Waals surface area (Å²) in [5, 5.41) is 21.2. The average molecular weight is 1090 g/mol. The minimum absolute atomic E-state index is 0. The molecule has 4 aliphatic heterocycles. The number of carboxylic acids is 1. The van der Waals surface area contributed by atoms with Gasteiger partial charge >= 0.3 is 43.0 Å². The molecule has 6 aliphatic rings. The van der Waals surface area contributed by atoms with Crippen molar-refractivity contribution in [2.45, 2.75) is 198 Å². The molecule has 6 amide bonds. The van der Waals surface area contributed by atoms with Gasteiger partial charge in [-0.2, -0.15) is 0 Å². The fraction of sp³-hybridized carbons (Fsp3) is 0.586. The van der Waals surface area contributed by atoms with E-state index in [-0.39, 0.29) is 79.6 Å². The number of aliphatic carboxylic acids is 1. The molecule has 2 unspecified atom stereocenters. The third-order valence-corrected chi connectivity index (χ3v) is 14.9. The summed E-state index contributed by atoms with van der Waals surface area (Å²) in [4.78, 5) is 109. The quantitative estimate of drug-likeness (QED) is 0.123. The monoisotopic (exact) mass is 1090 g/mol. The number of esters is 1. The number of fused-ring (bicyclic) bond motifs is 6. The maximum atomic E-state index is 14.1. The first-order chi connectivity index (χ1) is 36.0. The molecule has 4 heterocycles. The number of hydrogen-bond acceptors (Lipinski definition) is 13. The van der Waals surface area contributed by atoms with Crippen LogP contribution in [0.15, 0.2) is 72.8 Å². The third-order valence-electron chi connectivity index (χ3n) is 14.9. The number of nitrogens with one attached hydrogen (secondary N) is 4. The first-order valence-electron chi connectivity index (χ1n) is 27.2. The molecule has 20 nitrogen and oxygen atoms in total. The van der Waals surface area contributed by atoms with Crippen molar-refractivity contribution in [1.82, 2.24) is 31.1 Å². The van der Waals surface area contributed by atoms with Crippen molar-refractivity contribution in [3.8, 4) is 0 Å². The van der Waals surface area contributed by atoms with Gasteiger partial charge in [0.25, 0.3) is 0 Å². The molecule has 2 fully saturated rings. The summed E-state index contributed by atoms with van der Waals surface area (Å²) in [5.41, 5.74) is -0.111. The molecule has 0 bridgehead atoms. The maximum Gasteiger partial charge on any atom is 1.00 e. The van der Waals surface area contributed by atoms with Crippen LogP contribution in [-0.2, 0) is 68.9 Å². The predicted octanol–water partition coefficient (Wildman–Crippen LogP) is 3.75. The molecule has 2 aromatic rings. The zero-order chi connectivity index (χ0) is 55.0. The first kappa shape index (κ1) is 65.3. The van der Waals surface area contributed by atoms with Gasteiger partial charge in [0.1, 0.15) is 46.4 Å². The summed E-state index contributed by atoms with van der Waals surface area (Å²) in [5.74, 6) is -3.53. The zero-order valence-corrected chi connectivity index (χ0v) is 47.1. The number of benzene rings is 2. The number of carboxylic acid groups (broad SMARTS) is 1. The Bertz CT molecular complexity index is 2580. The smallest absolute Gasteiger partial charge is 0.870 e. The van der Waals surface area contributed by atoms with Crippen LogP contribution in [0, 0.1) is 11.8 Å². The molecule has 7 N–H and O–H groups in total. The van der Waals surface area contributed by atoms with Crippen molar-refractivity contribution in [1.29, 1.82) is 0 Å². The number of rotatable bonds is 5. The molecule has 8 rings (SSSR count). The number of carbonyl (C=O) groups excluding carboxylic acids is 7. The number of allylic oxidation sites excluding steroid dienone is 2. The van der Waals surface area contributed by atoms with E-state index in [1.807, 2.05) is 66.8 Å². The van der Waals surface area contributed by atoms with Crippen LogP contribution >= 0.6 is 0 Å². The molecule has 21 heteroatoms. The number of nitrogens with zero attached hydrogens (tertiary/aromatic N) is 2. The molecule has 0 saturated heterocycles.